The van der Waals surface area contributed by atoms with E-state index >= 15 is 0 Å². The van der Waals surface area contributed by atoms with Gasteiger partial charge in [0.2, 0.25) is 10.0 Å². The average molecular weight is 478 g/mol. The molecule has 2 heterocycles. The van der Waals surface area contributed by atoms with Gasteiger partial charge < -0.3 is 9.30 Å². The highest BCUT2D eigenvalue weighted by Gasteiger charge is 2.39. The first-order valence-corrected chi connectivity index (χ1v) is 12.5. The van der Waals surface area contributed by atoms with Gasteiger partial charge in [-0.1, -0.05) is 17.4 Å². The highest BCUT2D eigenvalue weighted by Crippen LogP contribution is 2.27. The van der Waals surface area contributed by atoms with Crippen molar-refractivity contribution in [1.29, 1.82) is 0 Å². The number of hydrogen-bond donors (Lipinski definition) is 0. The van der Waals surface area contributed by atoms with Gasteiger partial charge in [0.15, 0.2) is 4.80 Å². The molecular weight excluding hydrogens is 453 g/mol. The molecule has 4 rings (SSSR count). The lowest BCUT2D eigenvalue weighted by Gasteiger charge is -2.21. The minimum absolute atomic E-state index is 0.0360. The van der Waals surface area contributed by atoms with Gasteiger partial charge in [-0.25, -0.2) is 12.8 Å². The van der Waals surface area contributed by atoms with Crippen LogP contribution in [0.1, 0.15) is 18.4 Å². The Morgan fingerprint density at radius 3 is 2.72 bits per heavy atom. The van der Waals surface area contributed by atoms with Gasteiger partial charge in [-0.05, 0) is 61.7 Å². The van der Waals surface area contributed by atoms with E-state index in [9.17, 15) is 17.6 Å². The SMILES string of the molecule is COCCn1c(=NC(=O)C2CCCN2S(=O)(=O)c2ccc(F)cc2)sc2cc(C)ccc21. The number of amides is 1. The van der Waals surface area contributed by atoms with Gasteiger partial charge in [0.05, 0.1) is 21.7 Å². The van der Waals surface area contributed by atoms with Crippen molar-refractivity contribution >= 4 is 37.5 Å². The highest BCUT2D eigenvalue weighted by atomic mass is 32.2. The van der Waals surface area contributed by atoms with Crippen LogP contribution in [0.5, 0.6) is 0 Å². The number of benzene rings is 2. The Morgan fingerprint density at radius 1 is 1.25 bits per heavy atom. The van der Waals surface area contributed by atoms with Gasteiger partial charge in [0, 0.05) is 20.2 Å². The molecule has 3 aromatic rings. The number of carbonyl (C=O) groups is 1. The summed E-state index contributed by atoms with van der Waals surface area (Å²) >= 11 is 1.39. The number of methoxy groups -OCH3 is 1. The summed E-state index contributed by atoms with van der Waals surface area (Å²) in [5, 5.41) is 0. The lowest BCUT2D eigenvalue weighted by Crippen LogP contribution is -2.40. The molecule has 32 heavy (non-hydrogen) atoms. The van der Waals surface area contributed by atoms with E-state index in [1.807, 2.05) is 29.7 Å². The second kappa shape index (κ2) is 9.22. The predicted octanol–water partition coefficient (Wildman–Crippen LogP) is 3.08. The zero-order valence-electron chi connectivity index (χ0n) is 17.8. The molecular formula is C22H24FN3O4S2. The number of ether oxygens (including phenoxy) is 1. The maximum atomic E-state index is 13.3. The van der Waals surface area contributed by atoms with Crippen molar-refractivity contribution in [3.63, 3.8) is 0 Å². The van der Waals surface area contributed by atoms with Gasteiger partial charge in [0.1, 0.15) is 11.9 Å². The predicted molar refractivity (Wildman–Crippen MR) is 120 cm³/mol. The van der Waals surface area contributed by atoms with Crippen molar-refractivity contribution in [2.45, 2.75) is 37.2 Å². The van der Waals surface area contributed by atoms with Crippen LogP contribution in [-0.4, -0.2) is 49.5 Å². The van der Waals surface area contributed by atoms with Gasteiger partial charge in [-0.15, -0.1) is 0 Å². The van der Waals surface area contributed by atoms with E-state index in [0.29, 0.717) is 30.8 Å². The Labute approximate surface area is 189 Å². The highest BCUT2D eigenvalue weighted by molar-refractivity contribution is 7.89. The number of carbonyl (C=O) groups excluding carboxylic acids is 1. The molecule has 0 radical (unpaired) electrons. The number of halogens is 1. The Kier molecular flexibility index (Phi) is 6.57. The summed E-state index contributed by atoms with van der Waals surface area (Å²) in [5.41, 5.74) is 2.05. The van der Waals surface area contributed by atoms with E-state index in [1.54, 1.807) is 7.11 Å². The van der Waals surface area contributed by atoms with Gasteiger partial charge in [0.25, 0.3) is 5.91 Å². The van der Waals surface area contributed by atoms with Crippen molar-refractivity contribution in [3.05, 3.63) is 58.6 Å². The van der Waals surface area contributed by atoms with Crippen LogP contribution in [0.2, 0.25) is 0 Å². The Bertz CT molecular complexity index is 1310. The van der Waals surface area contributed by atoms with Crippen LogP contribution in [-0.2, 0) is 26.1 Å². The first kappa shape index (κ1) is 22.8. The van der Waals surface area contributed by atoms with E-state index in [-0.39, 0.29) is 11.4 Å². The van der Waals surface area contributed by atoms with E-state index in [0.717, 1.165) is 27.9 Å². The molecule has 1 amide bonds. The van der Waals surface area contributed by atoms with Crippen LogP contribution < -0.4 is 4.80 Å². The van der Waals surface area contributed by atoms with Crippen LogP contribution in [0.15, 0.2) is 52.4 Å². The number of aromatic nitrogens is 1. The zero-order chi connectivity index (χ0) is 22.9. The van der Waals surface area contributed by atoms with Crippen molar-refractivity contribution < 1.29 is 22.3 Å². The third-order valence-corrected chi connectivity index (χ3v) is 8.44. The van der Waals surface area contributed by atoms with Gasteiger partial charge in [-0.2, -0.15) is 9.30 Å². The Hall–Kier alpha value is -2.40. The topological polar surface area (TPSA) is 81.0 Å². The summed E-state index contributed by atoms with van der Waals surface area (Å²) in [5.74, 6) is -1.02. The van der Waals surface area contributed by atoms with Gasteiger partial charge in [-0.3, -0.25) is 4.79 Å². The van der Waals surface area contributed by atoms with Crippen molar-refractivity contribution in [2.24, 2.45) is 4.99 Å². The number of rotatable bonds is 6. The van der Waals surface area contributed by atoms with Crippen molar-refractivity contribution in [1.82, 2.24) is 8.87 Å². The summed E-state index contributed by atoms with van der Waals surface area (Å²) in [6, 6.07) is 9.77. The Balaban J connectivity index is 1.71. The van der Waals surface area contributed by atoms with E-state index in [2.05, 4.69) is 4.99 Å². The number of thiazole rings is 1. The third-order valence-electron chi connectivity index (χ3n) is 5.47. The molecule has 0 saturated carbocycles. The molecule has 1 aromatic heterocycles. The largest absolute Gasteiger partial charge is 0.383 e. The fourth-order valence-corrected chi connectivity index (χ4v) is 6.66. The Morgan fingerprint density at radius 2 is 2.00 bits per heavy atom. The number of aryl methyl sites for hydroxylation is 1. The summed E-state index contributed by atoms with van der Waals surface area (Å²) in [6.07, 6.45) is 0.951. The molecule has 0 bridgehead atoms. The summed E-state index contributed by atoms with van der Waals surface area (Å²) in [6.45, 7) is 3.20. The van der Waals surface area contributed by atoms with Crippen molar-refractivity contribution in [3.8, 4) is 0 Å². The molecule has 0 N–H and O–H groups in total. The number of sulfonamides is 1. The monoisotopic (exact) mass is 477 g/mol. The minimum Gasteiger partial charge on any atom is -0.383 e. The summed E-state index contributed by atoms with van der Waals surface area (Å²) in [4.78, 5) is 18.0. The van der Waals surface area contributed by atoms with Crippen LogP contribution in [0, 0.1) is 12.7 Å². The lowest BCUT2D eigenvalue weighted by molar-refractivity contribution is -0.121. The van der Waals surface area contributed by atoms with Crippen molar-refractivity contribution in [2.75, 3.05) is 20.3 Å². The molecule has 1 fully saturated rings. The maximum Gasteiger partial charge on any atom is 0.266 e. The molecule has 1 saturated heterocycles. The first-order valence-electron chi connectivity index (χ1n) is 10.3. The number of fused-ring (bicyclic) bond motifs is 1. The fourth-order valence-electron chi connectivity index (χ4n) is 3.85. The van der Waals surface area contributed by atoms with E-state index in [1.165, 1.54) is 27.8 Å². The van der Waals surface area contributed by atoms with Crippen LogP contribution >= 0.6 is 11.3 Å². The molecule has 170 valence electrons. The minimum atomic E-state index is -3.93. The number of nitrogens with zero attached hydrogens (tertiary/aromatic N) is 3. The van der Waals surface area contributed by atoms with Crippen LogP contribution in [0.4, 0.5) is 4.39 Å². The van der Waals surface area contributed by atoms with Crippen LogP contribution in [0.25, 0.3) is 10.2 Å². The first-order chi connectivity index (χ1) is 15.3. The second-order valence-electron chi connectivity index (χ2n) is 7.68. The lowest BCUT2D eigenvalue weighted by atomic mass is 10.2. The molecule has 0 aliphatic carbocycles. The molecule has 1 atom stereocenters. The fraction of sp³-hybridized carbons (Fsp3) is 0.364. The third kappa shape index (κ3) is 4.40. The second-order valence-corrected chi connectivity index (χ2v) is 10.6. The molecule has 7 nitrogen and oxygen atoms in total. The number of hydrogen-bond acceptors (Lipinski definition) is 5. The smallest absolute Gasteiger partial charge is 0.266 e. The molecule has 1 aliphatic rings. The van der Waals surface area contributed by atoms with E-state index in [4.69, 9.17) is 4.74 Å². The summed E-state index contributed by atoms with van der Waals surface area (Å²) in [7, 11) is -2.32. The average Bonchev–Trinajstić information content (AvgIpc) is 3.37. The maximum absolute atomic E-state index is 13.3. The molecule has 1 aliphatic heterocycles. The quantitative estimate of drug-likeness (QED) is 0.547. The molecule has 0 spiro atoms. The molecule has 10 heteroatoms. The summed E-state index contributed by atoms with van der Waals surface area (Å²) < 4.78 is 48.7. The normalized spacial score (nSPS) is 18.0. The molecule has 1 unspecified atom stereocenters. The van der Waals surface area contributed by atoms with Crippen LogP contribution in [0.3, 0.4) is 0 Å². The van der Waals surface area contributed by atoms with E-state index < -0.39 is 27.8 Å². The molecule has 2 aromatic carbocycles. The standard InChI is InChI=1S/C22H24FN3O4S2/c1-15-5-10-18-20(14-15)31-22(25(18)12-13-30-2)24-21(27)19-4-3-11-26(19)32(28,29)17-8-6-16(23)7-9-17/h5-10,14,19H,3-4,11-13H2,1-2H3. The zero-order valence-corrected chi connectivity index (χ0v) is 19.5. The van der Waals surface area contributed by atoms with Gasteiger partial charge >= 0.3 is 0 Å².